The van der Waals surface area contributed by atoms with Gasteiger partial charge in [0.15, 0.2) is 0 Å². The largest absolute Gasteiger partial charge is 0.495 e. The first-order valence-electron chi connectivity index (χ1n) is 4.34. The average Bonchev–Trinajstić information content (AvgIpc) is 2.18. The van der Waals surface area contributed by atoms with E-state index in [9.17, 15) is 0 Å². The molecule has 0 spiro atoms. The highest BCUT2D eigenvalue weighted by Crippen LogP contribution is 2.30. The van der Waals surface area contributed by atoms with Crippen LogP contribution in [0.3, 0.4) is 0 Å². The molecule has 1 aromatic carbocycles. The van der Waals surface area contributed by atoms with Crippen LogP contribution >= 0.6 is 28.6 Å². The second-order valence-corrected chi connectivity index (χ2v) is 4.32. The molecule has 0 bridgehead atoms. The van der Waals surface area contributed by atoms with Crippen molar-refractivity contribution in [2.45, 2.75) is 0 Å². The molecule has 0 heterocycles. The van der Waals surface area contributed by atoms with Crippen molar-refractivity contribution >= 4 is 34.2 Å². The Bertz CT molecular complexity index is 306. The Hall–Kier alpha value is -0.350. The van der Waals surface area contributed by atoms with E-state index in [-0.39, 0.29) is 0 Å². The molecule has 0 fully saturated rings. The van der Waals surface area contributed by atoms with Crippen molar-refractivity contribution in [3.63, 3.8) is 0 Å². The van der Waals surface area contributed by atoms with Gasteiger partial charge in [0.2, 0.25) is 0 Å². The van der Waals surface area contributed by atoms with Crippen LogP contribution in [0.4, 0.5) is 5.69 Å². The number of hydrogen-bond acceptors (Lipinski definition) is 3. The summed E-state index contributed by atoms with van der Waals surface area (Å²) >= 11 is 7.65. The second-order valence-electron chi connectivity index (χ2n) is 2.96. The minimum absolute atomic E-state index is 0.826. The third-order valence-corrected chi connectivity index (χ3v) is 2.68. The zero-order valence-corrected chi connectivity index (χ0v) is 10.8. The Morgan fingerprint density at radius 2 is 2.21 bits per heavy atom. The number of ether oxygens (including phenoxy) is 1. The van der Waals surface area contributed by atoms with Gasteiger partial charge in [-0.3, -0.25) is 0 Å². The van der Waals surface area contributed by atoms with Crippen molar-refractivity contribution in [2.24, 2.45) is 0 Å². The normalized spacial score (nSPS) is 10.0. The van der Waals surface area contributed by atoms with Crippen LogP contribution in [0.1, 0.15) is 0 Å². The summed E-state index contributed by atoms with van der Waals surface area (Å²) in [6.07, 6.45) is 0. The molecule has 0 radical (unpaired) electrons. The van der Waals surface area contributed by atoms with E-state index in [1.807, 2.05) is 25.2 Å². The summed E-state index contributed by atoms with van der Waals surface area (Å²) in [6.45, 7) is 0.899. The van der Waals surface area contributed by atoms with Gasteiger partial charge in [0.1, 0.15) is 5.75 Å². The van der Waals surface area contributed by atoms with Crippen molar-refractivity contribution in [1.29, 1.82) is 0 Å². The fourth-order valence-electron chi connectivity index (χ4n) is 1.23. The molecule has 1 rings (SSSR count). The van der Waals surface area contributed by atoms with Crippen LogP contribution in [-0.4, -0.2) is 26.5 Å². The molecule has 14 heavy (non-hydrogen) atoms. The van der Waals surface area contributed by atoms with Crippen molar-refractivity contribution < 1.29 is 4.74 Å². The van der Waals surface area contributed by atoms with Gasteiger partial charge in [-0.05, 0) is 18.2 Å². The van der Waals surface area contributed by atoms with Crippen molar-refractivity contribution in [3.8, 4) is 5.75 Å². The fraction of sp³-hybridized carbons (Fsp3) is 0.400. The Morgan fingerprint density at radius 1 is 1.50 bits per heavy atom. The molecule has 0 atom stereocenters. The Kier molecular flexibility index (Phi) is 4.62. The van der Waals surface area contributed by atoms with Gasteiger partial charge in [-0.15, -0.1) is 0 Å². The van der Waals surface area contributed by atoms with Gasteiger partial charge >= 0.3 is 0 Å². The molecule has 0 amide bonds. The van der Waals surface area contributed by atoms with E-state index in [1.165, 1.54) is 0 Å². The van der Waals surface area contributed by atoms with Crippen LogP contribution in [0.5, 0.6) is 5.75 Å². The summed E-state index contributed by atoms with van der Waals surface area (Å²) in [4.78, 5) is 2.12. The molecule has 78 valence electrons. The van der Waals surface area contributed by atoms with Crippen LogP contribution in [0.2, 0.25) is 0 Å². The van der Waals surface area contributed by atoms with Gasteiger partial charge in [0.05, 0.1) is 12.8 Å². The first-order valence-corrected chi connectivity index (χ1v) is 5.77. The highest BCUT2D eigenvalue weighted by atomic mass is 79.9. The molecule has 0 aromatic heterocycles. The number of methoxy groups -OCH3 is 1. The molecule has 0 aliphatic carbocycles. The minimum Gasteiger partial charge on any atom is -0.495 e. The van der Waals surface area contributed by atoms with Gasteiger partial charge < -0.3 is 9.64 Å². The van der Waals surface area contributed by atoms with Gasteiger partial charge in [-0.25, -0.2) is 0 Å². The standard InChI is InChI=1S/C10H14BrNOS/c1-12(5-6-14)9-7-8(11)3-4-10(9)13-2/h3-4,7,14H,5-6H2,1-2H3. The molecule has 0 aliphatic rings. The summed E-state index contributed by atoms with van der Waals surface area (Å²) in [7, 11) is 3.71. The van der Waals surface area contributed by atoms with E-state index < -0.39 is 0 Å². The number of thiol groups is 1. The van der Waals surface area contributed by atoms with Crippen LogP contribution in [0, 0.1) is 0 Å². The first-order chi connectivity index (χ1) is 6.69. The maximum absolute atomic E-state index is 5.28. The lowest BCUT2D eigenvalue weighted by Crippen LogP contribution is -2.20. The van der Waals surface area contributed by atoms with Crippen LogP contribution in [0.25, 0.3) is 0 Å². The van der Waals surface area contributed by atoms with E-state index in [4.69, 9.17) is 4.74 Å². The van der Waals surface area contributed by atoms with Crippen LogP contribution in [0.15, 0.2) is 22.7 Å². The predicted octanol–water partition coefficient (Wildman–Crippen LogP) is 2.82. The molecule has 0 saturated carbocycles. The SMILES string of the molecule is COc1ccc(Br)cc1N(C)CCS. The van der Waals surface area contributed by atoms with Crippen molar-refractivity contribution in [3.05, 3.63) is 22.7 Å². The quantitative estimate of drug-likeness (QED) is 0.849. The lowest BCUT2D eigenvalue weighted by atomic mass is 10.2. The van der Waals surface area contributed by atoms with Crippen molar-refractivity contribution in [1.82, 2.24) is 0 Å². The summed E-state index contributed by atoms with van der Waals surface area (Å²) in [5, 5.41) is 0. The van der Waals surface area contributed by atoms with Gasteiger partial charge in [0, 0.05) is 23.8 Å². The van der Waals surface area contributed by atoms with Crippen LogP contribution in [-0.2, 0) is 0 Å². The highest BCUT2D eigenvalue weighted by Gasteiger charge is 2.07. The van der Waals surface area contributed by atoms with E-state index in [0.29, 0.717) is 0 Å². The lowest BCUT2D eigenvalue weighted by Gasteiger charge is -2.20. The van der Waals surface area contributed by atoms with Gasteiger partial charge in [-0.1, -0.05) is 15.9 Å². The molecule has 0 aliphatic heterocycles. The first kappa shape index (κ1) is 11.7. The number of halogens is 1. The summed E-state index contributed by atoms with van der Waals surface area (Å²) < 4.78 is 6.34. The number of rotatable bonds is 4. The molecule has 1 aromatic rings. The minimum atomic E-state index is 0.826. The molecule has 0 saturated heterocycles. The van der Waals surface area contributed by atoms with E-state index in [1.54, 1.807) is 7.11 Å². The lowest BCUT2D eigenvalue weighted by molar-refractivity contribution is 0.415. The van der Waals surface area contributed by atoms with Crippen LogP contribution < -0.4 is 9.64 Å². The van der Waals surface area contributed by atoms with Gasteiger partial charge in [0.25, 0.3) is 0 Å². The number of anilines is 1. The molecule has 0 N–H and O–H groups in total. The number of nitrogens with zero attached hydrogens (tertiary/aromatic N) is 1. The van der Waals surface area contributed by atoms with E-state index in [0.717, 1.165) is 28.2 Å². The smallest absolute Gasteiger partial charge is 0.142 e. The Morgan fingerprint density at radius 3 is 2.79 bits per heavy atom. The topological polar surface area (TPSA) is 12.5 Å². The number of benzene rings is 1. The third kappa shape index (κ3) is 2.82. The summed E-state index contributed by atoms with van der Waals surface area (Å²) in [6, 6.07) is 5.97. The average molecular weight is 276 g/mol. The van der Waals surface area contributed by atoms with Gasteiger partial charge in [-0.2, -0.15) is 12.6 Å². The second kappa shape index (κ2) is 5.51. The monoisotopic (exact) mass is 275 g/mol. The maximum atomic E-state index is 5.28. The maximum Gasteiger partial charge on any atom is 0.142 e. The third-order valence-electron chi connectivity index (χ3n) is 1.99. The molecule has 4 heteroatoms. The summed E-state index contributed by atoms with van der Waals surface area (Å²) in [5.41, 5.74) is 1.08. The molecular formula is C10H14BrNOS. The Labute approximate surface area is 98.8 Å². The molecule has 2 nitrogen and oxygen atoms in total. The van der Waals surface area contributed by atoms with E-state index >= 15 is 0 Å². The number of hydrogen-bond donors (Lipinski definition) is 1. The zero-order chi connectivity index (χ0) is 10.6. The summed E-state index contributed by atoms with van der Waals surface area (Å²) in [5.74, 6) is 1.71. The molecular weight excluding hydrogens is 262 g/mol. The fourth-order valence-corrected chi connectivity index (χ4v) is 1.88. The molecule has 0 unspecified atom stereocenters. The predicted molar refractivity (Wildman–Crippen MR) is 67.8 cm³/mol. The zero-order valence-electron chi connectivity index (χ0n) is 8.33. The highest BCUT2D eigenvalue weighted by molar-refractivity contribution is 9.10. The van der Waals surface area contributed by atoms with E-state index in [2.05, 4.69) is 33.5 Å². The Balaban J connectivity index is 2.97. The van der Waals surface area contributed by atoms with Crippen molar-refractivity contribution in [2.75, 3.05) is 31.4 Å².